The highest BCUT2D eigenvalue weighted by Crippen LogP contribution is 2.52. The zero-order valence-corrected chi connectivity index (χ0v) is 14.5. The molecule has 116 valence electrons. The van der Waals surface area contributed by atoms with E-state index in [9.17, 15) is 0 Å². The molecule has 1 aromatic heterocycles. The van der Waals surface area contributed by atoms with E-state index in [4.69, 9.17) is 9.72 Å². The zero-order valence-electron chi connectivity index (χ0n) is 14.5. The molecule has 1 spiro atoms. The van der Waals surface area contributed by atoms with Crippen LogP contribution in [-0.2, 0) is 16.2 Å². The standard InChI is InChI=1S/C19H29NO/c1-17(2,3)14-11-13-15(16(20-14)18(4,5)6)21-12-19(13)9-7-8-10-19/h11H,7-10,12H2,1-6H3. The lowest BCUT2D eigenvalue weighted by Crippen LogP contribution is -2.25. The highest BCUT2D eigenvalue weighted by Gasteiger charge is 2.45. The molecule has 0 amide bonds. The van der Waals surface area contributed by atoms with E-state index in [0.29, 0.717) is 0 Å². The van der Waals surface area contributed by atoms with Gasteiger partial charge in [0.25, 0.3) is 0 Å². The second-order valence-corrected chi connectivity index (χ2v) is 9.01. The second kappa shape index (κ2) is 4.47. The van der Waals surface area contributed by atoms with Gasteiger partial charge >= 0.3 is 0 Å². The number of nitrogens with zero attached hydrogens (tertiary/aromatic N) is 1. The number of fused-ring (bicyclic) bond motifs is 2. The molecule has 2 heteroatoms. The Balaban J connectivity index is 2.23. The van der Waals surface area contributed by atoms with Gasteiger partial charge in [-0.25, -0.2) is 0 Å². The SMILES string of the molecule is CC(C)(C)c1cc2c(c(C(C)(C)C)n1)OCC21CCCC1. The molecule has 0 aromatic carbocycles. The maximum Gasteiger partial charge on any atom is 0.145 e. The smallest absolute Gasteiger partial charge is 0.145 e. The Morgan fingerprint density at radius 1 is 1.00 bits per heavy atom. The lowest BCUT2D eigenvalue weighted by Gasteiger charge is -2.27. The van der Waals surface area contributed by atoms with Crippen molar-refractivity contribution in [3.8, 4) is 5.75 Å². The largest absolute Gasteiger partial charge is 0.490 e. The van der Waals surface area contributed by atoms with Crippen LogP contribution in [0.4, 0.5) is 0 Å². The average Bonchev–Trinajstić information content (AvgIpc) is 2.96. The third kappa shape index (κ3) is 2.37. The van der Waals surface area contributed by atoms with Crippen molar-refractivity contribution in [2.75, 3.05) is 6.61 Å². The minimum Gasteiger partial charge on any atom is -0.490 e. The summed E-state index contributed by atoms with van der Waals surface area (Å²) in [7, 11) is 0. The van der Waals surface area contributed by atoms with Crippen LogP contribution >= 0.6 is 0 Å². The Morgan fingerprint density at radius 3 is 2.14 bits per heavy atom. The molecule has 1 fully saturated rings. The van der Waals surface area contributed by atoms with Crippen LogP contribution in [0, 0.1) is 0 Å². The van der Waals surface area contributed by atoms with Crippen LogP contribution < -0.4 is 4.74 Å². The summed E-state index contributed by atoms with van der Waals surface area (Å²) >= 11 is 0. The van der Waals surface area contributed by atoms with Crippen LogP contribution in [0.3, 0.4) is 0 Å². The van der Waals surface area contributed by atoms with Crippen molar-refractivity contribution in [2.45, 2.75) is 83.5 Å². The molecule has 2 heterocycles. The topological polar surface area (TPSA) is 22.1 Å². The summed E-state index contributed by atoms with van der Waals surface area (Å²) in [6.07, 6.45) is 5.22. The van der Waals surface area contributed by atoms with Crippen molar-refractivity contribution in [3.05, 3.63) is 23.0 Å². The summed E-state index contributed by atoms with van der Waals surface area (Å²) in [4.78, 5) is 5.02. The van der Waals surface area contributed by atoms with Crippen LogP contribution in [0.25, 0.3) is 0 Å². The Morgan fingerprint density at radius 2 is 1.62 bits per heavy atom. The van der Waals surface area contributed by atoms with Crippen LogP contribution in [0.1, 0.15) is 84.2 Å². The number of rotatable bonds is 0. The lowest BCUT2D eigenvalue weighted by atomic mass is 9.77. The Kier molecular flexibility index (Phi) is 3.17. The fraction of sp³-hybridized carbons (Fsp3) is 0.737. The molecule has 1 aliphatic heterocycles. The van der Waals surface area contributed by atoms with Gasteiger partial charge < -0.3 is 4.74 Å². The van der Waals surface area contributed by atoms with E-state index in [2.05, 4.69) is 47.6 Å². The monoisotopic (exact) mass is 287 g/mol. The van der Waals surface area contributed by atoms with E-state index < -0.39 is 0 Å². The van der Waals surface area contributed by atoms with Crippen LogP contribution in [0.2, 0.25) is 0 Å². The molecule has 1 saturated carbocycles. The molecule has 21 heavy (non-hydrogen) atoms. The minimum atomic E-state index is 0.0233. The van der Waals surface area contributed by atoms with Crippen LogP contribution in [-0.4, -0.2) is 11.6 Å². The molecule has 3 rings (SSSR count). The second-order valence-electron chi connectivity index (χ2n) is 9.01. The fourth-order valence-electron chi connectivity index (χ4n) is 3.72. The first-order chi connectivity index (χ1) is 9.63. The molecule has 0 N–H and O–H groups in total. The number of ether oxygens (including phenoxy) is 1. The number of hydrogen-bond acceptors (Lipinski definition) is 2. The Hall–Kier alpha value is -1.05. The van der Waals surface area contributed by atoms with Gasteiger partial charge in [-0.05, 0) is 18.9 Å². The van der Waals surface area contributed by atoms with Gasteiger partial charge in [0.15, 0.2) is 0 Å². The van der Waals surface area contributed by atoms with Gasteiger partial charge in [0.1, 0.15) is 5.75 Å². The van der Waals surface area contributed by atoms with Crippen molar-refractivity contribution in [1.29, 1.82) is 0 Å². The summed E-state index contributed by atoms with van der Waals surface area (Å²) in [6, 6.07) is 2.35. The van der Waals surface area contributed by atoms with E-state index in [-0.39, 0.29) is 16.2 Å². The van der Waals surface area contributed by atoms with Crippen molar-refractivity contribution >= 4 is 0 Å². The molecule has 1 aliphatic carbocycles. The van der Waals surface area contributed by atoms with Gasteiger partial charge in [0.2, 0.25) is 0 Å². The Bertz CT molecular complexity index is 554. The van der Waals surface area contributed by atoms with Crippen LogP contribution in [0.5, 0.6) is 5.75 Å². The normalized spacial score (nSPS) is 20.7. The maximum absolute atomic E-state index is 6.20. The lowest BCUT2D eigenvalue weighted by molar-refractivity contribution is 0.263. The third-order valence-electron chi connectivity index (χ3n) is 5.08. The van der Waals surface area contributed by atoms with Crippen molar-refractivity contribution < 1.29 is 4.74 Å². The molecule has 0 unspecified atom stereocenters. The van der Waals surface area contributed by atoms with E-state index >= 15 is 0 Å². The molecule has 0 saturated heterocycles. The van der Waals surface area contributed by atoms with E-state index in [1.807, 2.05) is 0 Å². The average molecular weight is 287 g/mol. The van der Waals surface area contributed by atoms with E-state index in [1.54, 1.807) is 0 Å². The Labute approximate surface area is 129 Å². The first-order valence-corrected chi connectivity index (χ1v) is 8.33. The number of hydrogen-bond donors (Lipinski definition) is 0. The third-order valence-corrected chi connectivity index (χ3v) is 5.08. The molecule has 2 nitrogen and oxygen atoms in total. The van der Waals surface area contributed by atoms with E-state index in [1.165, 1.54) is 36.9 Å². The summed E-state index contributed by atoms with van der Waals surface area (Å²) in [5, 5.41) is 0. The van der Waals surface area contributed by atoms with Crippen molar-refractivity contribution in [1.82, 2.24) is 4.98 Å². The van der Waals surface area contributed by atoms with E-state index in [0.717, 1.165) is 18.1 Å². The fourth-order valence-corrected chi connectivity index (χ4v) is 3.72. The summed E-state index contributed by atoms with van der Waals surface area (Å²) in [5.41, 5.74) is 4.19. The minimum absolute atomic E-state index is 0.0233. The molecule has 0 radical (unpaired) electrons. The summed E-state index contributed by atoms with van der Waals surface area (Å²) < 4.78 is 6.20. The van der Waals surface area contributed by atoms with Gasteiger partial charge in [-0.15, -0.1) is 0 Å². The summed E-state index contributed by atoms with van der Waals surface area (Å²) in [6.45, 7) is 14.4. The van der Waals surface area contributed by atoms with Gasteiger partial charge in [0, 0.05) is 27.5 Å². The van der Waals surface area contributed by atoms with Gasteiger partial charge in [0.05, 0.1) is 12.3 Å². The zero-order chi connectivity index (χ0) is 15.5. The van der Waals surface area contributed by atoms with Crippen molar-refractivity contribution in [3.63, 3.8) is 0 Å². The predicted octanol–water partition coefficient (Wildman–Crippen LogP) is 4.88. The quantitative estimate of drug-likeness (QED) is 0.678. The predicted molar refractivity (Wildman–Crippen MR) is 87.3 cm³/mol. The summed E-state index contributed by atoms with van der Waals surface area (Å²) in [5.74, 6) is 1.09. The molecule has 2 aliphatic rings. The highest BCUT2D eigenvalue weighted by molar-refractivity contribution is 5.51. The first-order valence-electron chi connectivity index (χ1n) is 8.33. The van der Waals surface area contributed by atoms with Gasteiger partial charge in [-0.3, -0.25) is 4.98 Å². The maximum atomic E-state index is 6.20. The number of pyridine rings is 1. The highest BCUT2D eigenvalue weighted by atomic mass is 16.5. The molecular weight excluding hydrogens is 258 g/mol. The molecule has 1 aromatic rings. The van der Waals surface area contributed by atoms with Crippen molar-refractivity contribution in [2.24, 2.45) is 0 Å². The molecule has 0 bridgehead atoms. The van der Waals surface area contributed by atoms with Gasteiger partial charge in [-0.1, -0.05) is 54.4 Å². The molecule has 0 atom stereocenters. The van der Waals surface area contributed by atoms with Gasteiger partial charge in [-0.2, -0.15) is 0 Å². The molecular formula is C19H29NO. The van der Waals surface area contributed by atoms with Crippen LogP contribution in [0.15, 0.2) is 6.07 Å². The number of aromatic nitrogens is 1. The first kappa shape index (κ1) is 14.9.